The van der Waals surface area contributed by atoms with Gasteiger partial charge in [0, 0.05) is 12.8 Å². The zero-order valence-corrected chi connectivity index (χ0v) is 20.0. The highest BCUT2D eigenvalue weighted by Gasteiger charge is 2.27. The number of ether oxygens (including phenoxy) is 4. The molecule has 34 heavy (non-hydrogen) atoms. The Bertz CT molecular complexity index is 1010. The molecule has 2 rings (SSSR count). The van der Waals surface area contributed by atoms with Gasteiger partial charge >= 0.3 is 11.9 Å². The molecule has 0 aliphatic rings. The van der Waals surface area contributed by atoms with Crippen LogP contribution in [-0.4, -0.2) is 44.1 Å². The van der Waals surface area contributed by atoms with Crippen LogP contribution in [0, 0.1) is 17.8 Å². The van der Waals surface area contributed by atoms with Crippen molar-refractivity contribution in [1.82, 2.24) is 0 Å². The summed E-state index contributed by atoms with van der Waals surface area (Å²) in [5, 5.41) is 0. The fourth-order valence-electron chi connectivity index (χ4n) is 2.99. The molecular weight excluding hydrogens is 436 g/mol. The molecule has 0 radical (unpaired) electrons. The smallest absolute Gasteiger partial charge is 0.339 e. The maximum absolute atomic E-state index is 12.6. The van der Waals surface area contributed by atoms with Gasteiger partial charge in [-0.3, -0.25) is 9.59 Å². The van der Waals surface area contributed by atoms with E-state index in [1.165, 1.54) is 7.11 Å². The Morgan fingerprint density at radius 2 is 1.65 bits per heavy atom. The molecule has 0 amide bonds. The van der Waals surface area contributed by atoms with Gasteiger partial charge in [0.25, 0.3) is 0 Å². The van der Waals surface area contributed by atoms with Crippen LogP contribution in [0.2, 0.25) is 0 Å². The third-order valence-electron chi connectivity index (χ3n) is 4.85. The molecule has 0 saturated carbocycles. The van der Waals surface area contributed by atoms with Crippen LogP contribution < -0.4 is 4.74 Å². The average molecular weight is 467 g/mol. The standard InChI is InChI=1S/C27H30O7/c1-27(2,34-25(29)21-9-6-5-7-10-21)17-8-11-23(26(30)32-4)24(28)16-18-33-19-20-12-14-22(31-3)15-13-20/h5-7,9-10,12-15,23H,11,16,18-19H2,1-4H3. The summed E-state index contributed by atoms with van der Waals surface area (Å²) in [7, 11) is 2.82. The Morgan fingerprint density at radius 1 is 0.971 bits per heavy atom. The lowest BCUT2D eigenvalue weighted by atomic mass is 9.97. The summed E-state index contributed by atoms with van der Waals surface area (Å²) in [4.78, 5) is 37.0. The first-order chi connectivity index (χ1) is 16.3. The predicted molar refractivity (Wildman–Crippen MR) is 126 cm³/mol. The molecule has 1 unspecified atom stereocenters. The first kappa shape index (κ1) is 26.6. The van der Waals surface area contributed by atoms with E-state index in [1.807, 2.05) is 24.3 Å². The topological polar surface area (TPSA) is 88.1 Å². The van der Waals surface area contributed by atoms with Gasteiger partial charge in [0.05, 0.1) is 33.0 Å². The molecule has 2 aromatic carbocycles. The highest BCUT2D eigenvalue weighted by Crippen LogP contribution is 2.15. The van der Waals surface area contributed by atoms with Crippen molar-refractivity contribution in [2.24, 2.45) is 5.92 Å². The second-order valence-electron chi connectivity index (χ2n) is 7.96. The Morgan fingerprint density at radius 3 is 2.26 bits per heavy atom. The monoisotopic (exact) mass is 466 g/mol. The first-order valence-corrected chi connectivity index (χ1v) is 10.9. The second-order valence-corrected chi connectivity index (χ2v) is 7.96. The fourth-order valence-corrected chi connectivity index (χ4v) is 2.99. The molecule has 0 N–H and O–H groups in total. The van der Waals surface area contributed by atoms with Gasteiger partial charge < -0.3 is 18.9 Å². The Labute approximate surface area is 200 Å². The molecule has 0 aliphatic carbocycles. The van der Waals surface area contributed by atoms with Gasteiger partial charge in [-0.2, -0.15) is 0 Å². The maximum atomic E-state index is 12.6. The molecule has 0 heterocycles. The minimum absolute atomic E-state index is 0.0453. The summed E-state index contributed by atoms with van der Waals surface area (Å²) >= 11 is 0. The summed E-state index contributed by atoms with van der Waals surface area (Å²) in [5.74, 6) is 3.85. The molecule has 1 atom stereocenters. The van der Waals surface area contributed by atoms with E-state index in [2.05, 4.69) is 11.8 Å². The number of Topliss-reactive ketones (excluding diaryl/α,β-unsaturated/α-hetero) is 1. The minimum atomic E-state index is -1.10. The molecular formula is C27H30O7. The van der Waals surface area contributed by atoms with Crippen LogP contribution in [0.25, 0.3) is 0 Å². The van der Waals surface area contributed by atoms with E-state index in [9.17, 15) is 14.4 Å². The zero-order valence-electron chi connectivity index (χ0n) is 20.0. The predicted octanol–water partition coefficient (Wildman–Crippen LogP) is 3.99. The number of hydrogen-bond acceptors (Lipinski definition) is 7. The van der Waals surface area contributed by atoms with E-state index >= 15 is 0 Å². The fraction of sp³-hybridized carbons (Fsp3) is 0.370. The van der Waals surface area contributed by atoms with E-state index in [1.54, 1.807) is 51.3 Å². The largest absolute Gasteiger partial charge is 0.497 e. The van der Waals surface area contributed by atoms with Gasteiger partial charge in [0.15, 0.2) is 5.60 Å². The molecule has 0 fully saturated rings. The third-order valence-corrected chi connectivity index (χ3v) is 4.85. The van der Waals surface area contributed by atoms with Crippen molar-refractivity contribution >= 4 is 17.7 Å². The third kappa shape index (κ3) is 8.72. The Balaban J connectivity index is 1.88. The number of carbonyl (C=O) groups excluding carboxylic acids is 3. The number of methoxy groups -OCH3 is 2. The van der Waals surface area contributed by atoms with Gasteiger partial charge in [-0.05, 0) is 43.7 Å². The second kappa shape index (κ2) is 13.2. The van der Waals surface area contributed by atoms with Gasteiger partial charge in [-0.15, -0.1) is 0 Å². The average Bonchev–Trinajstić information content (AvgIpc) is 2.84. The number of benzene rings is 2. The summed E-state index contributed by atoms with van der Waals surface area (Å²) in [6, 6.07) is 16.0. The maximum Gasteiger partial charge on any atom is 0.339 e. The number of ketones is 1. The normalized spacial score (nSPS) is 11.5. The van der Waals surface area contributed by atoms with Crippen molar-refractivity contribution in [3.63, 3.8) is 0 Å². The molecule has 0 saturated heterocycles. The van der Waals surface area contributed by atoms with E-state index in [0.29, 0.717) is 12.2 Å². The molecule has 0 spiro atoms. The molecule has 0 aromatic heterocycles. The summed E-state index contributed by atoms with van der Waals surface area (Å²) in [6.45, 7) is 3.78. The van der Waals surface area contributed by atoms with Gasteiger partial charge in [-0.1, -0.05) is 42.2 Å². The van der Waals surface area contributed by atoms with Crippen LogP contribution >= 0.6 is 0 Å². The van der Waals surface area contributed by atoms with Crippen molar-refractivity contribution in [1.29, 1.82) is 0 Å². The lowest BCUT2D eigenvalue weighted by Crippen LogP contribution is -2.28. The van der Waals surface area contributed by atoms with Crippen LogP contribution in [0.5, 0.6) is 5.75 Å². The van der Waals surface area contributed by atoms with Gasteiger partial charge in [-0.25, -0.2) is 4.79 Å². The lowest BCUT2D eigenvalue weighted by molar-refractivity contribution is -0.149. The number of hydrogen-bond donors (Lipinski definition) is 0. The van der Waals surface area contributed by atoms with Crippen LogP contribution in [0.15, 0.2) is 54.6 Å². The molecule has 7 nitrogen and oxygen atoms in total. The first-order valence-electron chi connectivity index (χ1n) is 10.9. The van der Waals surface area contributed by atoms with E-state index in [4.69, 9.17) is 18.9 Å². The number of carbonyl (C=O) groups is 3. The van der Waals surface area contributed by atoms with Crippen molar-refractivity contribution in [2.75, 3.05) is 20.8 Å². The summed E-state index contributed by atoms with van der Waals surface area (Å²) in [6.07, 6.45) is 0.000289. The Hall–Kier alpha value is -3.63. The van der Waals surface area contributed by atoms with Crippen LogP contribution in [0.4, 0.5) is 0 Å². The lowest BCUT2D eigenvalue weighted by Gasteiger charge is -2.19. The quantitative estimate of drug-likeness (QED) is 0.214. The van der Waals surface area contributed by atoms with Crippen LogP contribution in [-0.2, 0) is 30.4 Å². The van der Waals surface area contributed by atoms with Crippen molar-refractivity contribution in [3.05, 3.63) is 65.7 Å². The molecule has 2 aromatic rings. The van der Waals surface area contributed by atoms with Crippen LogP contribution in [0.3, 0.4) is 0 Å². The van der Waals surface area contributed by atoms with Gasteiger partial charge in [0.1, 0.15) is 17.5 Å². The van der Waals surface area contributed by atoms with E-state index in [0.717, 1.165) is 11.3 Å². The highest BCUT2D eigenvalue weighted by molar-refractivity contribution is 5.99. The van der Waals surface area contributed by atoms with E-state index < -0.39 is 23.5 Å². The number of esters is 2. The molecule has 7 heteroatoms. The molecule has 0 aliphatic heterocycles. The highest BCUT2D eigenvalue weighted by atomic mass is 16.6. The Kier molecular flexibility index (Phi) is 10.3. The number of rotatable bonds is 11. The minimum Gasteiger partial charge on any atom is -0.497 e. The van der Waals surface area contributed by atoms with E-state index in [-0.39, 0.29) is 25.2 Å². The zero-order chi connectivity index (χ0) is 25.0. The van der Waals surface area contributed by atoms with Crippen LogP contribution in [0.1, 0.15) is 42.6 Å². The van der Waals surface area contributed by atoms with Crippen molar-refractivity contribution in [2.45, 2.75) is 38.9 Å². The van der Waals surface area contributed by atoms with Crippen molar-refractivity contribution < 1.29 is 33.3 Å². The molecule has 180 valence electrons. The van der Waals surface area contributed by atoms with Gasteiger partial charge in [0.2, 0.25) is 0 Å². The SMILES string of the molecule is COC(=O)C(CC#CC(C)(C)OC(=O)c1ccccc1)C(=O)CCOCc1ccc(OC)cc1. The summed E-state index contributed by atoms with van der Waals surface area (Å²) in [5.41, 5.74) is 0.253. The van der Waals surface area contributed by atoms with Crippen molar-refractivity contribution in [3.8, 4) is 17.6 Å². The molecule has 0 bridgehead atoms. The summed E-state index contributed by atoms with van der Waals surface area (Å²) < 4.78 is 20.9.